The zero-order valence-electron chi connectivity index (χ0n) is 14.3. The van der Waals surface area contributed by atoms with Gasteiger partial charge in [0.15, 0.2) is 5.78 Å². The lowest BCUT2D eigenvalue weighted by Gasteiger charge is -2.16. The quantitative estimate of drug-likeness (QED) is 0.611. The first kappa shape index (κ1) is 17.7. The number of sulfonamides is 1. The normalized spacial score (nSPS) is 11.3. The minimum absolute atomic E-state index is 0.0545. The highest BCUT2D eigenvalue weighted by atomic mass is 32.2. The number of nitrogens with zero attached hydrogens (tertiary/aromatic N) is 5. The van der Waals surface area contributed by atoms with Gasteiger partial charge < -0.3 is 0 Å². The standard InChI is InChI=1S/C17H17N5O3S/c1-21(26(2,24)25)15-10-8-13(9-11-15)16(23)12-22-19-17(18-20-22)14-6-4-3-5-7-14/h3-11H,12H2,1-2H3. The molecule has 0 fully saturated rings. The number of hydrogen-bond donors (Lipinski definition) is 0. The van der Waals surface area contributed by atoms with Gasteiger partial charge in [-0.3, -0.25) is 9.10 Å². The third-order valence-electron chi connectivity index (χ3n) is 3.82. The monoisotopic (exact) mass is 371 g/mol. The fraction of sp³-hybridized carbons (Fsp3) is 0.176. The van der Waals surface area contributed by atoms with Gasteiger partial charge in [-0.15, -0.1) is 10.2 Å². The Labute approximate surface area is 151 Å². The van der Waals surface area contributed by atoms with Crippen molar-refractivity contribution in [3.63, 3.8) is 0 Å². The Morgan fingerprint density at radius 3 is 2.35 bits per heavy atom. The van der Waals surface area contributed by atoms with Crippen LogP contribution in [0.5, 0.6) is 0 Å². The van der Waals surface area contributed by atoms with E-state index in [4.69, 9.17) is 0 Å². The maximum atomic E-state index is 12.4. The molecule has 1 heterocycles. The van der Waals surface area contributed by atoms with Crippen LogP contribution in [0.25, 0.3) is 11.4 Å². The number of anilines is 1. The van der Waals surface area contributed by atoms with E-state index in [1.165, 1.54) is 11.8 Å². The molecule has 0 saturated carbocycles. The Bertz CT molecular complexity index is 1010. The van der Waals surface area contributed by atoms with Crippen LogP contribution in [0.15, 0.2) is 54.6 Å². The molecule has 26 heavy (non-hydrogen) atoms. The van der Waals surface area contributed by atoms with Gasteiger partial charge in [-0.2, -0.15) is 4.80 Å². The lowest BCUT2D eigenvalue weighted by Crippen LogP contribution is -2.24. The summed E-state index contributed by atoms with van der Waals surface area (Å²) in [6, 6.07) is 15.7. The molecule has 1 aromatic heterocycles. The molecule has 0 aliphatic rings. The van der Waals surface area contributed by atoms with Crippen molar-refractivity contribution in [1.82, 2.24) is 20.2 Å². The number of hydrogen-bond acceptors (Lipinski definition) is 6. The highest BCUT2D eigenvalue weighted by Gasteiger charge is 2.14. The fourth-order valence-corrected chi connectivity index (χ4v) is 2.79. The van der Waals surface area contributed by atoms with E-state index in [0.29, 0.717) is 17.1 Å². The second-order valence-corrected chi connectivity index (χ2v) is 7.72. The first-order chi connectivity index (χ1) is 12.3. The Balaban J connectivity index is 1.72. The second-order valence-electron chi connectivity index (χ2n) is 5.71. The van der Waals surface area contributed by atoms with Gasteiger partial charge in [-0.1, -0.05) is 30.3 Å². The molecule has 0 atom stereocenters. The summed E-state index contributed by atoms with van der Waals surface area (Å²) in [7, 11) is -1.89. The predicted molar refractivity (Wildman–Crippen MR) is 97.3 cm³/mol. The van der Waals surface area contributed by atoms with Crippen LogP contribution in [-0.4, -0.2) is 47.7 Å². The highest BCUT2D eigenvalue weighted by molar-refractivity contribution is 7.92. The van der Waals surface area contributed by atoms with E-state index in [9.17, 15) is 13.2 Å². The van der Waals surface area contributed by atoms with Crippen molar-refractivity contribution >= 4 is 21.5 Å². The van der Waals surface area contributed by atoms with Gasteiger partial charge in [0.05, 0.1) is 11.9 Å². The number of carbonyl (C=O) groups is 1. The molecule has 0 aliphatic carbocycles. The second kappa shape index (κ2) is 7.04. The zero-order valence-corrected chi connectivity index (χ0v) is 15.1. The molecule has 8 nitrogen and oxygen atoms in total. The number of rotatable bonds is 6. The number of ketones is 1. The van der Waals surface area contributed by atoms with Crippen LogP contribution in [0.3, 0.4) is 0 Å². The summed E-state index contributed by atoms with van der Waals surface area (Å²) in [6.07, 6.45) is 1.12. The topological polar surface area (TPSA) is 98.1 Å². The van der Waals surface area contributed by atoms with Crippen LogP contribution in [0.2, 0.25) is 0 Å². The summed E-state index contributed by atoms with van der Waals surface area (Å²) < 4.78 is 24.2. The molecule has 0 N–H and O–H groups in total. The van der Waals surface area contributed by atoms with E-state index in [0.717, 1.165) is 16.1 Å². The summed E-state index contributed by atoms with van der Waals surface area (Å²) in [6.45, 7) is -0.0545. The Morgan fingerprint density at radius 1 is 1.08 bits per heavy atom. The van der Waals surface area contributed by atoms with Crippen LogP contribution < -0.4 is 4.31 Å². The van der Waals surface area contributed by atoms with Crippen LogP contribution in [0, 0.1) is 0 Å². The predicted octanol–water partition coefficient (Wildman–Crippen LogP) is 1.62. The van der Waals surface area contributed by atoms with Crippen LogP contribution in [-0.2, 0) is 16.6 Å². The molecule has 0 spiro atoms. The molecule has 0 amide bonds. The first-order valence-corrected chi connectivity index (χ1v) is 9.60. The number of Topliss-reactive ketones (excluding diaryl/α,β-unsaturated/α-hetero) is 1. The summed E-state index contributed by atoms with van der Waals surface area (Å²) in [5.74, 6) is 0.249. The molecule has 0 saturated heterocycles. The van der Waals surface area contributed by atoms with E-state index < -0.39 is 10.0 Å². The molecule has 0 unspecified atom stereocenters. The third kappa shape index (κ3) is 3.94. The van der Waals surface area contributed by atoms with Crippen molar-refractivity contribution in [2.75, 3.05) is 17.6 Å². The van der Waals surface area contributed by atoms with E-state index in [1.54, 1.807) is 24.3 Å². The fourth-order valence-electron chi connectivity index (χ4n) is 2.28. The number of tetrazole rings is 1. The SMILES string of the molecule is CN(c1ccc(C(=O)Cn2nnc(-c3ccccc3)n2)cc1)S(C)(=O)=O. The summed E-state index contributed by atoms with van der Waals surface area (Å²) >= 11 is 0. The van der Waals surface area contributed by atoms with Gasteiger partial charge in [0, 0.05) is 18.2 Å². The Morgan fingerprint density at radius 2 is 1.73 bits per heavy atom. The lowest BCUT2D eigenvalue weighted by molar-refractivity contribution is 0.0961. The van der Waals surface area contributed by atoms with Crippen molar-refractivity contribution in [2.24, 2.45) is 0 Å². The molecule has 134 valence electrons. The number of carbonyl (C=O) groups excluding carboxylic acids is 1. The molecule has 2 aromatic carbocycles. The van der Waals surface area contributed by atoms with Gasteiger partial charge in [0.1, 0.15) is 6.54 Å². The van der Waals surface area contributed by atoms with Crippen LogP contribution >= 0.6 is 0 Å². The molecule has 3 aromatic rings. The average molecular weight is 371 g/mol. The Kier molecular flexibility index (Phi) is 4.81. The van der Waals surface area contributed by atoms with E-state index >= 15 is 0 Å². The lowest BCUT2D eigenvalue weighted by atomic mass is 10.1. The van der Waals surface area contributed by atoms with Crippen molar-refractivity contribution in [2.45, 2.75) is 6.54 Å². The van der Waals surface area contributed by atoms with E-state index in [1.807, 2.05) is 30.3 Å². The number of aromatic nitrogens is 4. The minimum atomic E-state index is -3.35. The molecule has 0 bridgehead atoms. The van der Waals surface area contributed by atoms with Crippen molar-refractivity contribution in [3.8, 4) is 11.4 Å². The smallest absolute Gasteiger partial charge is 0.231 e. The number of benzene rings is 2. The molecule has 0 radical (unpaired) electrons. The van der Waals surface area contributed by atoms with Gasteiger partial charge in [0.2, 0.25) is 15.8 Å². The third-order valence-corrected chi connectivity index (χ3v) is 5.03. The molecule has 3 rings (SSSR count). The van der Waals surface area contributed by atoms with Crippen molar-refractivity contribution < 1.29 is 13.2 Å². The largest absolute Gasteiger partial charge is 0.292 e. The summed E-state index contributed by atoms with van der Waals surface area (Å²) in [5, 5.41) is 12.1. The first-order valence-electron chi connectivity index (χ1n) is 7.75. The summed E-state index contributed by atoms with van der Waals surface area (Å²) in [5.41, 5.74) is 1.74. The molecule has 9 heteroatoms. The average Bonchev–Trinajstić information content (AvgIpc) is 3.09. The van der Waals surface area contributed by atoms with Gasteiger partial charge in [-0.25, -0.2) is 8.42 Å². The summed E-state index contributed by atoms with van der Waals surface area (Å²) in [4.78, 5) is 13.6. The van der Waals surface area contributed by atoms with E-state index in [-0.39, 0.29) is 12.3 Å². The maximum Gasteiger partial charge on any atom is 0.231 e. The Hall–Kier alpha value is -3.07. The van der Waals surface area contributed by atoms with Crippen LogP contribution in [0.4, 0.5) is 5.69 Å². The molecular weight excluding hydrogens is 354 g/mol. The van der Waals surface area contributed by atoms with Crippen molar-refractivity contribution in [1.29, 1.82) is 0 Å². The van der Waals surface area contributed by atoms with E-state index in [2.05, 4.69) is 15.4 Å². The highest BCUT2D eigenvalue weighted by Crippen LogP contribution is 2.17. The van der Waals surface area contributed by atoms with Crippen molar-refractivity contribution in [3.05, 3.63) is 60.2 Å². The van der Waals surface area contributed by atoms with Gasteiger partial charge in [0.25, 0.3) is 0 Å². The zero-order chi connectivity index (χ0) is 18.7. The maximum absolute atomic E-state index is 12.4. The minimum Gasteiger partial charge on any atom is -0.292 e. The van der Waals surface area contributed by atoms with Crippen LogP contribution in [0.1, 0.15) is 10.4 Å². The van der Waals surface area contributed by atoms with Gasteiger partial charge >= 0.3 is 0 Å². The molecular formula is C17H17N5O3S. The molecule has 0 aliphatic heterocycles. The van der Waals surface area contributed by atoms with Gasteiger partial charge in [-0.05, 0) is 29.5 Å².